The van der Waals surface area contributed by atoms with Crippen molar-refractivity contribution in [2.24, 2.45) is 0 Å². The molecule has 0 amide bonds. The highest BCUT2D eigenvalue weighted by Gasteiger charge is 3.19. The van der Waals surface area contributed by atoms with Crippen LogP contribution in [0.25, 0.3) is 0 Å². The summed E-state index contributed by atoms with van der Waals surface area (Å²) in [7, 11) is 0. The maximum absolute atomic E-state index is 14.8. The minimum Gasteiger partial charge on any atom is -0.458 e. The molecule has 0 spiro atoms. The second kappa shape index (κ2) is 7.59. The highest BCUT2D eigenvalue weighted by molar-refractivity contribution is 7.96. The van der Waals surface area contributed by atoms with Gasteiger partial charge in [0.1, 0.15) is 18.6 Å². The molecular weight excluding hydrogens is 600 g/mol. The lowest BCUT2D eigenvalue weighted by Gasteiger charge is -2.73. The summed E-state index contributed by atoms with van der Waals surface area (Å²) >= 11 is -1.35. The van der Waals surface area contributed by atoms with Gasteiger partial charge in [0.05, 0.1) is 6.61 Å². The number of alkyl halides is 16. The molecular formula is C14H6F16O6S. The molecule has 0 aromatic heterocycles. The van der Waals surface area contributed by atoms with E-state index in [-0.39, 0.29) is 0 Å². The van der Waals surface area contributed by atoms with Gasteiger partial charge in [0.15, 0.2) is 6.17 Å². The van der Waals surface area contributed by atoms with Crippen LogP contribution in [-0.4, -0.2) is 88.1 Å². The Hall–Kier alpha value is -1.46. The summed E-state index contributed by atoms with van der Waals surface area (Å²) in [6.45, 7) is -4.76. The van der Waals surface area contributed by atoms with Crippen LogP contribution in [0.2, 0.25) is 0 Å². The fourth-order valence-electron chi connectivity index (χ4n) is 4.52. The third-order valence-corrected chi connectivity index (χ3v) is 6.70. The molecule has 4 fully saturated rings. The SMILES string of the molecule is O=C(OCCOC12C(F)(F)C3(F)C(F)C(F)(C(F)(F)C(F)(C3(F)F)C1(F)F)C2(F)F)C(F)(F)SOOO. The number of carbonyl (C=O) groups excluding carboxylic acids is 1. The van der Waals surface area contributed by atoms with E-state index in [4.69, 9.17) is 5.26 Å². The van der Waals surface area contributed by atoms with Gasteiger partial charge >= 0.3 is 46.5 Å². The molecule has 6 nitrogen and oxygen atoms in total. The molecule has 2 unspecified atom stereocenters. The third kappa shape index (κ3) is 2.56. The molecule has 0 aromatic rings. The van der Waals surface area contributed by atoms with Crippen LogP contribution in [-0.2, 0) is 23.6 Å². The molecule has 4 rings (SSSR count). The van der Waals surface area contributed by atoms with Crippen LogP contribution in [0.1, 0.15) is 0 Å². The molecule has 4 saturated carbocycles. The average molecular weight is 606 g/mol. The van der Waals surface area contributed by atoms with Crippen LogP contribution in [0.15, 0.2) is 0 Å². The molecule has 216 valence electrons. The zero-order valence-electron chi connectivity index (χ0n) is 16.4. The van der Waals surface area contributed by atoms with Crippen molar-refractivity contribution in [2.75, 3.05) is 13.2 Å². The molecule has 23 heteroatoms. The van der Waals surface area contributed by atoms with Crippen LogP contribution >= 0.6 is 12.0 Å². The largest absolute Gasteiger partial charge is 0.458 e. The van der Waals surface area contributed by atoms with E-state index in [1.165, 1.54) is 0 Å². The lowest BCUT2D eigenvalue weighted by molar-refractivity contribution is -0.593. The minimum absolute atomic E-state index is 1.35. The fraction of sp³-hybridized carbons (Fsp3) is 0.929. The average Bonchev–Trinajstić information content (AvgIpc) is 2.76. The van der Waals surface area contributed by atoms with Gasteiger partial charge in [0.25, 0.3) is 16.9 Å². The zero-order chi connectivity index (χ0) is 29.1. The Bertz CT molecular complexity index is 936. The number of rotatable bonds is 8. The van der Waals surface area contributed by atoms with E-state index in [1.807, 2.05) is 0 Å². The van der Waals surface area contributed by atoms with Gasteiger partial charge < -0.3 is 9.47 Å². The van der Waals surface area contributed by atoms with Crippen LogP contribution < -0.4 is 0 Å². The molecule has 0 aromatic carbocycles. The van der Waals surface area contributed by atoms with Crippen LogP contribution in [0.5, 0.6) is 0 Å². The first kappa shape index (κ1) is 30.1. The first-order valence-electron chi connectivity index (χ1n) is 8.79. The molecule has 37 heavy (non-hydrogen) atoms. The van der Waals surface area contributed by atoms with E-state index in [1.54, 1.807) is 0 Å². The van der Waals surface area contributed by atoms with Gasteiger partial charge in [-0.15, -0.1) is 4.33 Å². The van der Waals surface area contributed by atoms with Crippen molar-refractivity contribution in [3.8, 4) is 0 Å². The molecule has 4 aliphatic rings. The van der Waals surface area contributed by atoms with Crippen molar-refractivity contribution in [1.29, 1.82) is 0 Å². The summed E-state index contributed by atoms with van der Waals surface area (Å²) in [5.74, 6) is -40.6. The van der Waals surface area contributed by atoms with Crippen molar-refractivity contribution < 1.29 is 99.1 Å². The number of carbonyl (C=O) groups is 1. The summed E-state index contributed by atoms with van der Waals surface area (Å²) in [6.07, 6.45) is -6.05. The molecule has 1 N–H and O–H groups in total. The zero-order valence-corrected chi connectivity index (χ0v) is 17.3. The molecule has 0 saturated heterocycles. The number of hydrogen-bond donors (Lipinski definition) is 1. The minimum atomic E-state index is -7.67. The standard InChI is InChI=1S/C14H6F16O6S/c15-3-5(16)10(21,22)8(20)11(23,24)6(3,17)13(27,28)9(12(5,25)26,14(8,29)30)34-2-1-33-4(31)7(18,19)37-36-35-32/h3,32H,1-2H2. The van der Waals surface area contributed by atoms with Gasteiger partial charge in [-0.25, -0.2) is 27.6 Å². The van der Waals surface area contributed by atoms with E-state index in [0.29, 0.717) is 0 Å². The third-order valence-electron chi connectivity index (χ3n) is 6.19. The Morgan fingerprint density at radius 3 is 1.59 bits per heavy atom. The smallest absolute Gasteiger partial charge is 0.415 e. The maximum atomic E-state index is 14.8. The van der Waals surface area contributed by atoms with Crippen molar-refractivity contribution in [1.82, 2.24) is 0 Å². The van der Waals surface area contributed by atoms with Crippen molar-refractivity contribution in [3.05, 3.63) is 0 Å². The molecule has 0 radical (unpaired) electrons. The van der Waals surface area contributed by atoms with E-state index in [2.05, 4.69) is 18.8 Å². The summed E-state index contributed by atoms with van der Waals surface area (Å²) in [4.78, 5) is 11.1. The maximum Gasteiger partial charge on any atom is 0.415 e. The normalized spacial score (nSPS) is 42.0. The van der Waals surface area contributed by atoms with E-state index < -0.39 is 94.9 Å². The molecule has 0 heterocycles. The Labute approximate surface area is 195 Å². The highest BCUT2D eigenvalue weighted by Crippen LogP contribution is 2.86. The summed E-state index contributed by atoms with van der Waals surface area (Å²) < 4.78 is 240. The van der Waals surface area contributed by atoms with E-state index in [0.717, 1.165) is 0 Å². The topological polar surface area (TPSA) is 74.2 Å². The lowest BCUT2D eigenvalue weighted by Crippen LogP contribution is -3.08. The van der Waals surface area contributed by atoms with Gasteiger partial charge in [-0.1, -0.05) is 5.04 Å². The van der Waals surface area contributed by atoms with E-state index >= 15 is 0 Å². The Morgan fingerprint density at radius 2 is 1.19 bits per heavy atom. The van der Waals surface area contributed by atoms with Crippen LogP contribution in [0.4, 0.5) is 70.2 Å². The summed E-state index contributed by atoms with van der Waals surface area (Å²) in [5.41, 5.74) is -28.9. The molecule has 2 atom stereocenters. The molecule has 4 aliphatic carbocycles. The second-order valence-electron chi connectivity index (χ2n) is 7.72. The Morgan fingerprint density at radius 1 is 0.757 bits per heavy atom. The highest BCUT2D eigenvalue weighted by atomic mass is 32.2. The van der Waals surface area contributed by atoms with Gasteiger partial charge in [0.2, 0.25) is 0 Å². The van der Waals surface area contributed by atoms with Gasteiger partial charge in [0, 0.05) is 0 Å². The van der Waals surface area contributed by atoms with Gasteiger partial charge in [-0.2, -0.15) is 52.7 Å². The van der Waals surface area contributed by atoms with Crippen molar-refractivity contribution in [2.45, 2.75) is 63.6 Å². The number of esters is 1. The monoisotopic (exact) mass is 606 g/mol. The quantitative estimate of drug-likeness (QED) is 0.108. The van der Waals surface area contributed by atoms with Crippen LogP contribution in [0.3, 0.4) is 0 Å². The van der Waals surface area contributed by atoms with Crippen molar-refractivity contribution in [3.63, 3.8) is 0 Å². The Kier molecular flexibility index (Phi) is 6.17. The lowest BCUT2D eigenvalue weighted by atomic mass is 9.41. The van der Waals surface area contributed by atoms with Crippen molar-refractivity contribution >= 4 is 18.0 Å². The summed E-state index contributed by atoms with van der Waals surface area (Å²) in [5, 5.41) is 5.45. The number of hydrogen-bond acceptors (Lipinski definition) is 7. The fourth-order valence-corrected chi connectivity index (χ4v) is 4.76. The first-order chi connectivity index (χ1) is 16.3. The number of ether oxygens (including phenoxy) is 2. The predicted molar refractivity (Wildman–Crippen MR) is 78.1 cm³/mol. The van der Waals surface area contributed by atoms with Crippen LogP contribution in [0, 0.1) is 0 Å². The molecule has 0 aliphatic heterocycles. The Balaban J connectivity index is 2.12. The van der Waals surface area contributed by atoms with Gasteiger partial charge in [-0.3, -0.25) is 0 Å². The summed E-state index contributed by atoms with van der Waals surface area (Å²) in [6, 6.07) is 0. The second-order valence-corrected chi connectivity index (χ2v) is 8.54. The molecule has 4 bridgehead atoms. The van der Waals surface area contributed by atoms with Gasteiger partial charge in [-0.05, 0) is 0 Å². The number of halogens is 16. The van der Waals surface area contributed by atoms with E-state index in [9.17, 15) is 75.0 Å². The first-order valence-corrected chi connectivity index (χ1v) is 9.53. The predicted octanol–water partition coefficient (Wildman–Crippen LogP) is 4.63.